The lowest BCUT2D eigenvalue weighted by Gasteiger charge is -2.53. The molecule has 3 aromatic carbocycles. The van der Waals surface area contributed by atoms with E-state index in [0.29, 0.717) is 13.2 Å². The van der Waals surface area contributed by atoms with Crippen molar-refractivity contribution in [3.8, 4) is 0 Å². The second-order valence-corrected chi connectivity index (χ2v) is 10.0. The highest BCUT2D eigenvalue weighted by Crippen LogP contribution is 2.62. The molecule has 1 saturated carbocycles. The van der Waals surface area contributed by atoms with Crippen molar-refractivity contribution in [2.24, 2.45) is 17.8 Å². The van der Waals surface area contributed by atoms with E-state index in [2.05, 4.69) is 43.3 Å². The first kappa shape index (κ1) is 22.6. The van der Waals surface area contributed by atoms with Gasteiger partial charge in [0.05, 0.1) is 37.8 Å². The standard InChI is InChI=1S/C28H30O4S/c1-20-25-27(33-23-15-9-4-10-16-23)32-28(25,31-19-22-13-7-3-8-14-22)24(17-29)26(20)30-18-21-11-5-2-6-12-21/h2-16,20,24-27,29H,17-19H2,1H3/t20?,24?,25?,26-,27+,28?/m0/s1. The summed E-state index contributed by atoms with van der Waals surface area (Å²) in [6, 6.07) is 30.6. The van der Waals surface area contributed by atoms with Crippen molar-refractivity contribution in [2.45, 2.75) is 42.4 Å². The van der Waals surface area contributed by atoms with Gasteiger partial charge in [0.1, 0.15) is 5.44 Å². The number of benzene rings is 3. The van der Waals surface area contributed by atoms with Crippen molar-refractivity contribution in [1.82, 2.24) is 0 Å². The van der Waals surface area contributed by atoms with Gasteiger partial charge in [0.2, 0.25) is 0 Å². The van der Waals surface area contributed by atoms with E-state index in [9.17, 15) is 5.11 Å². The van der Waals surface area contributed by atoms with Crippen LogP contribution in [0.2, 0.25) is 0 Å². The fraction of sp³-hybridized carbons (Fsp3) is 0.357. The van der Waals surface area contributed by atoms with Gasteiger partial charge in [-0.25, -0.2) is 0 Å². The number of aliphatic hydroxyl groups is 1. The molecule has 1 heterocycles. The smallest absolute Gasteiger partial charge is 0.184 e. The Bertz CT molecular complexity index is 1020. The van der Waals surface area contributed by atoms with Gasteiger partial charge in [-0.1, -0.05) is 97.5 Å². The van der Waals surface area contributed by atoms with Gasteiger partial charge in [-0.05, 0) is 29.2 Å². The van der Waals surface area contributed by atoms with Gasteiger partial charge >= 0.3 is 0 Å². The first-order valence-corrected chi connectivity index (χ1v) is 12.4. The van der Waals surface area contributed by atoms with E-state index in [4.69, 9.17) is 14.2 Å². The van der Waals surface area contributed by atoms with Gasteiger partial charge in [0.15, 0.2) is 5.79 Å². The Morgan fingerprint density at radius 2 is 1.42 bits per heavy atom. The summed E-state index contributed by atoms with van der Waals surface area (Å²) in [7, 11) is 0. The summed E-state index contributed by atoms with van der Waals surface area (Å²) in [6.07, 6.45) is -0.155. The second kappa shape index (κ2) is 10.00. The molecule has 5 heteroatoms. The predicted molar refractivity (Wildman–Crippen MR) is 129 cm³/mol. The maximum absolute atomic E-state index is 10.5. The fourth-order valence-corrected chi connectivity index (χ4v) is 6.57. The lowest BCUT2D eigenvalue weighted by molar-refractivity contribution is -0.377. The molecule has 6 atom stereocenters. The Balaban J connectivity index is 1.38. The summed E-state index contributed by atoms with van der Waals surface area (Å²) in [6.45, 7) is 3.11. The molecule has 0 aromatic heterocycles. The number of hydrogen-bond donors (Lipinski definition) is 1. The van der Waals surface area contributed by atoms with Crippen LogP contribution in [0, 0.1) is 17.8 Å². The summed E-state index contributed by atoms with van der Waals surface area (Å²) in [5, 5.41) is 10.5. The van der Waals surface area contributed by atoms with Crippen molar-refractivity contribution in [3.05, 3.63) is 102 Å². The highest BCUT2D eigenvalue weighted by Gasteiger charge is 2.71. The van der Waals surface area contributed by atoms with Crippen molar-refractivity contribution >= 4 is 11.8 Å². The molecule has 2 aliphatic rings. The number of hydrogen-bond acceptors (Lipinski definition) is 5. The van der Waals surface area contributed by atoms with Gasteiger partial charge in [0, 0.05) is 4.90 Å². The maximum Gasteiger partial charge on any atom is 0.184 e. The van der Waals surface area contributed by atoms with Crippen LogP contribution < -0.4 is 0 Å². The van der Waals surface area contributed by atoms with Crippen LogP contribution in [0.25, 0.3) is 0 Å². The van der Waals surface area contributed by atoms with Gasteiger partial charge in [-0.3, -0.25) is 0 Å². The van der Waals surface area contributed by atoms with Gasteiger partial charge in [0.25, 0.3) is 0 Å². The highest BCUT2D eigenvalue weighted by molar-refractivity contribution is 7.99. The Hall–Kier alpha value is -2.15. The zero-order chi connectivity index (χ0) is 22.7. The average Bonchev–Trinajstić information content (AvgIpc) is 3.03. The first-order valence-electron chi connectivity index (χ1n) is 11.5. The van der Waals surface area contributed by atoms with E-state index in [1.54, 1.807) is 11.8 Å². The molecule has 4 unspecified atom stereocenters. The zero-order valence-corrected chi connectivity index (χ0v) is 19.6. The van der Waals surface area contributed by atoms with E-state index in [0.717, 1.165) is 11.1 Å². The Kier molecular flexibility index (Phi) is 6.86. The van der Waals surface area contributed by atoms with Crippen molar-refractivity contribution in [2.75, 3.05) is 6.61 Å². The summed E-state index contributed by atoms with van der Waals surface area (Å²) in [5.74, 6) is -0.809. The van der Waals surface area contributed by atoms with Crippen molar-refractivity contribution < 1.29 is 19.3 Å². The maximum atomic E-state index is 10.5. The molecule has 3 aromatic rings. The molecule has 33 heavy (non-hydrogen) atoms. The van der Waals surface area contributed by atoms with Crippen LogP contribution in [-0.2, 0) is 27.4 Å². The molecule has 2 fully saturated rings. The molecular weight excluding hydrogens is 432 g/mol. The Morgan fingerprint density at radius 1 is 0.848 bits per heavy atom. The van der Waals surface area contributed by atoms with E-state index >= 15 is 0 Å². The molecule has 1 aliphatic heterocycles. The molecule has 5 rings (SSSR count). The third-order valence-electron chi connectivity index (χ3n) is 6.84. The van der Waals surface area contributed by atoms with E-state index in [1.165, 1.54) is 4.90 Å². The summed E-state index contributed by atoms with van der Waals surface area (Å²) < 4.78 is 19.5. The lowest BCUT2D eigenvalue weighted by Crippen LogP contribution is -2.62. The number of ether oxygens (including phenoxy) is 3. The van der Waals surface area contributed by atoms with E-state index in [-0.39, 0.29) is 35.9 Å². The van der Waals surface area contributed by atoms with E-state index < -0.39 is 5.79 Å². The first-order chi connectivity index (χ1) is 16.2. The third-order valence-corrected chi connectivity index (χ3v) is 8.01. The molecule has 0 spiro atoms. The predicted octanol–water partition coefficient (Wildman–Crippen LogP) is 5.51. The Morgan fingerprint density at radius 3 is 2.03 bits per heavy atom. The van der Waals surface area contributed by atoms with Crippen molar-refractivity contribution in [1.29, 1.82) is 0 Å². The molecule has 0 amide bonds. The number of aliphatic hydroxyl groups excluding tert-OH is 1. The molecule has 0 radical (unpaired) electrons. The van der Waals surface area contributed by atoms with Crippen molar-refractivity contribution in [3.63, 3.8) is 0 Å². The van der Waals surface area contributed by atoms with Gasteiger partial charge < -0.3 is 19.3 Å². The third kappa shape index (κ3) is 4.48. The summed E-state index contributed by atoms with van der Waals surface area (Å²) in [4.78, 5) is 1.17. The SMILES string of the molecule is CC1C2[C@@H](Sc3ccccc3)OC2(OCc2ccccc2)C(CO)[C@H]1OCc1ccccc1. The van der Waals surface area contributed by atoms with Crippen LogP contribution in [0.4, 0.5) is 0 Å². The minimum absolute atomic E-state index is 0.0438. The normalized spacial score (nSPS) is 30.5. The number of fused-ring (bicyclic) bond motifs is 1. The van der Waals surface area contributed by atoms with Gasteiger partial charge in [-0.2, -0.15) is 0 Å². The minimum atomic E-state index is -0.849. The number of rotatable bonds is 9. The van der Waals surface area contributed by atoms with Crippen LogP contribution in [0.15, 0.2) is 95.9 Å². The summed E-state index contributed by atoms with van der Waals surface area (Å²) >= 11 is 1.72. The molecule has 0 bridgehead atoms. The van der Waals surface area contributed by atoms with Gasteiger partial charge in [-0.15, -0.1) is 0 Å². The molecule has 1 aliphatic carbocycles. The number of thioether (sulfide) groups is 1. The topological polar surface area (TPSA) is 47.9 Å². The lowest BCUT2D eigenvalue weighted by atomic mass is 9.88. The quantitative estimate of drug-likeness (QED) is 0.455. The largest absolute Gasteiger partial charge is 0.396 e. The van der Waals surface area contributed by atoms with Crippen LogP contribution in [0.1, 0.15) is 18.1 Å². The Labute approximate surface area is 199 Å². The fourth-order valence-electron chi connectivity index (χ4n) is 5.20. The van der Waals surface area contributed by atoms with Crippen LogP contribution in [0.3, 0.4) is 0 Å². The highest BCUT2D eigenvalue weighted by atomic mass is 32.2. The molecule has 1 saturated heterocycles. The van der Waals surface area contributed by atoms with Crippen LogP contribution in [0.5, 0.6) is 0 Å². The van der Waals surface area contributed by atoms with Crippen LogP contribution >= 0.6 is 11.8 Å². The molecule has 1 N–H and O–H groups in total. The summed E-state index contributed by atoms with van der Waals surface area (Å²) in [5.41, 5.74) is 2.17. The molecular formula is C28H30O4S. The average molecular weight is 463 g/mol. The molecule has 172 valence electrons. The molecule has 4 nitrogen and oxygen atoms in total. The second-order valence-electron chi connectivity index (χ2n) is 8.85. The zero-order valence-electron chi connectivity index (χ0n) is 18.7. The minimum Gasteiger partial charge on any atom is -0.396 e. The van der Waals surface area contributed by atoms with E-state index in [1.807, 2.05) is 54.6 Å². The monoisotopic (exact) mass is 462 g/mol. The van der Waals surface area contributed by atoms with Crippen LogP contribution in [-0.4, -0.2) is 29.0 Å².